The fourth-order valence-corrected chi connectivity index (χ4v) is 2.39. The van der Waals surface area contributed by atoms with Crippen molar-refractivity contribution in [1.82, 2.24) is 5.32 Å². The number of nitrogens with zero attached hydrogens (tertiary/aromatic N) is 1. The molecule has 108 valence electrons. The summed E-state index contributed by atoms with van der Waals surface area (Å²) in [5.74, 6) is 1.16. The Bertz CT molecular complexity index is 514. The molecular formula is C13H16N2O5. The molecule has 2 aliphatic heterocycles. The number of ether oxygens (including phenoxy) is 3. The van der Waals surface area contributed by atoms with E-state index >= 15 is 0 Å². The third-order valence-corrected chi connectivity index (χ3v) is 3.40. The van der Waals surface area contributed by atoms with Gasteiger partial charge in [0.15, 0.2) is 11.5 Å². The van der Waals surface area contributed by atoms with Crippen molar-refractivity contribution in [3.05, 3.63) is 22.2 Å². The summed E-state index contributed by atoms with van der Waals surface area (Å²) in [6, 6.07) is 2.94. The summed E-state index contributed by atoms with van der Waals surface area (Å²) >= 11 is 0. The Morgan fingerprint density at radius 2 is 1.85 bits per heavy atom. The van der Waals surface area contributed by atoms with E-state index in [9.17, 15) is 10.1 Å². The standard InChI is InChI=1S/C13H16N2O5/c16-15(17)10-7-12-13(19-6-5-18-12)8-11(10)20-9-1-3-14-4-2-9/h7-9,14H,1-6H2. The molecule has 0 bridgehead atoms. The predicted molar refractivity (Wildman–Crippen MR) is 70.6 cm³/mol. The molecule has 1 aromatic carbocycles. The zero-order valence-electron chi connectivity index (χ0n) is 11.0. The van der Waals surface area contributed by atoms with E-state index in [-0.39, 0.29) is 17.5 Å². The van der Waals surface area contributed by atoms with Gasteiger partial charge in [-0.15, -0.1) is 0 Å². The first-order valence-corrected chi connectivity index (χ1v) is 6.69. The molecular weight excluding hydrogens is 264 g/mol. The Balaban J connectivity index is 1.88. The summed E-state index contributed by atoms with van der Waals surface area (Å²) in [6.07, 6.45) is 1.68. The molecule has 7 heteroatoms. The normalized spacial score (nSPS) is 18.6. The first-order valence-electron chi connectivity index (χ1n) is 6.69. The molecule has 1 fully saturated rings. The van der Waals surface area contributed by atoms with Gasteiger partial charge in [0.25, 0.3) is 0 Å². The topological polar surface area (TPSA) is 82.9 Å². The second-order valence-electron chi connectivity index (χ2n) is 4.79. The van der Waals surface area contributed by atoms with Gasteiger partial charge in [-0.05, 0) is 25.9 Å². The van der Waals surface area contributed by atoms with Gasteiger partial charge in [0.1, 0.15) is 19.3 Å². The van der Waals surface area contributed by atoms with Crippen LogP contribution in [0, 0.1) is 10.1 Å². The second-order valence-corrected chi connectivity index (χ2v) is 4.79. The van der Waals surface area contributed by atoms with Crippen LogP contribution in [0.3, 0.4) is 0 Å². The van der Waals surface area contributed by atoms with E-state index in [1.54, 1.807) is 6.07 Å². The van der Waals surface area contributed by atoms with Crippen LogP contribution in [0.2, 0.25) is 0 Å². The minimum absolute atomic E-state index is 0.00231. The number of piperidine rings is 1. The fourth-order valence-electron chi connectivity index (χ4n) is 2.39. The van der Waals surface area contributed by atoms with Crippen molar-refractivity contribution < 1.29 is 19.1 Å². The highest BCUT2D eigenvalue weighted by Gasteiger charge is 2.26. The Kier molecular flexibility index (Phi) is 3.60. The minimum Gasteiger partial charge on any atom is -0.486 e. The Morgan fingerprint density at radius 3 is 2.50 bits per heavy atom. The largest absolute Gasteiger partial charge is 0.486 e. The second kappa shape index (κ2) is 5.54. The summed E-state index contributed by atoms with van der Waals surface area (Å²) in [5, 5.41) is 14.4. The molecule has 0 saturated carbocycles. The highest BCUT2D eigenvalue weighted by Crippen LogP contribution is 2.41. The third kappa shape index (κ3) is 2.62. The molecule has 2 aliphatic rings. The van der Waals surface area contributed by atoms with Crippen LogP contribution in [0.4, 0.5) is 5.69 Å². The summed E-state index contributed by atoms with van der Waals surface area (Å²) in [7, 11) is 0. The van der Waals surface area contributed by atoms with Crippen molar-refractivity contribution >= 4 is 5.69 Å². The van der Waals surface area contributed by atoms with Crippen LogP contribution in [0.25, 0.3) is 0 Å². The average Bonchev–Trinajstić information content (AvgIpc) is 2.47. The molecule has 2 heterocycles. The summed E-state index contributed by atoms with van der Waals surface area (Å²) < 4.78 is 16.6. The van der Waals surface area contributed by atoms with Gasteiger partial charge in [0, 0.05) is 6.07 Å². The lowest BCUT2D eigenvalue weighted by Crippen LogP contribution is -2.34. The molecule has 3 rings (SSSR count). The number of hydrogen-bond acceptors (Lipinski definition) is 6. The van der Waals surface area contributed by atoms with E-state index in [0.29, 0.717) is 24.7 Å². The summed E-state index contributed by atoms with van der Waals surface area (Å²) in [4.78, 5) is 10.7. The van der Waals surface area contributed by atoms with Crippen LogP contribution in [-0.2, 0) is 0 Å². The van der Waals surface area contributed by atoms with Gasteiger partial charge in [-0.2, -0.15) is 0 Å². The van der Waals surface area contributed by atoms with E-state index in [2.05, 4.69) is 5.32 Å². The number of nitrogens with one attached hydrogen (secondary N) is 1. The van der Waals surface area contributed by atoms with Crippen molar-refractivity contribution in [3.63, 3.8) is 0 Å². The molecule has 0 radical (unpaired) electrons. The molecule has 1 aromatic rings. The van der Waals surface area contributed by atoms with Crippen LogP contribution in [0.5, 0.6) is 17.2 Å². The highest BCUT2D eigenvalue weighted by atomic mass is 16.6. The van der Waals surface area contributed by atoms with E-state index < -0.39 is 4.92 Å². The van der Waals surface area contributed by atoms with E-state index in [1.807, 2.05) is 0 Å². The first-order chi connectivity index (χ1) is 9.74. The molecule has 0 atom stereocenters. The van der Waals surface area contributed by atoms with Crippen LogP contribution < -0.4 is 19.5 Å². The number of rotatable bonds is 3. The number of hydrogen-bond donors (Lipinski definition) is 1. The number of fused-ring (bicyclic) bond motifs is 1. The lowest BCUT2D eigenvalue weighted by molar-refractivity contribution is -0.386. The molecule has 0 unspecified atom stereocenters. The molecule has 0 aliphatic carbocycles. The lowest BCUT2D eigenvalue weighted by Gasteiger charge is -2.25. The quantitative estimate of drug-likeness (QED) is 0.667. The summed E-state index contributed by atoms with van der Waals surface area (Å²) in [6.45, 7) is 2.57. The predicted octanol–water partition coefficient (Wildman–Crippen LogP) is 1.50. The number of nitro benzene ring substituents is 1. The summed E-state index contributed by atoms with van der Waals surface area (Å²) in [5.41, 5.74) is -0.0761. The van der Waals surface area contributed by atoms with Crippen LogP contribution in [-0.4, -0.2) is 37.3 Å². The Morgan fingerprint density at radius 1 is 1.20 bits per heavy atom. The number of benzene rings is 1. The SMILES string of the molecule is O=[N+]([O-])c1cc2c(cc1OC1CCNCC1)OCCO2. The van der Waals surface area contributed by atoms with Crippen molar-refractivity contribution in [2.75, 3.05) is 26.3 Å². The molecule has 7 nitrogen and oxygen atoms in total. The van der Waals surface area contributed by atoms with Gasteiger partial charge in [-0.25, -0.2) is 0 Å². The molecule has 1 N–H and O–H groups in total. The van der Waals surface area contributed by atoms with E-state index in [0.717, 1.165) is 25.9 Å². The van der Waals surface area contributed by atoms with Gasteiger partial charge in [0.05, 0.1) is 11.0 Å². The molecule has 0 spiro atoms. The van der Waals surface area contributed by atoms with Crippen LogP contribution >= 0.6 is 0 Å². The van der Waals surface area contributed by atoms with E-state index in [1.165, 1.54) is 6.07 Å². The molecule has 0 amide bonds. The highest BCUT2D eigenvalue weighted by molar-refractivity contribution is 5.58. The van der Waals surface area contributed by atoms with Gasteiger partial charge >= 0.3 is 5.69 Å². The van der Waals surface area contributed by atoms with Gasteiger partial charge < -0.3 is 19.5 Å². The smallest absolute Gasteiger partial charge is 0.314 e. The lowest BCUT2D eigenvalue weighted by atomic mass is 10.1. The Labute approximate surface area is 116 Å². The van der Waals surface area contributed by atoms with Crippen LogP contribution in [0.15, 0.2) is 12.1 Å². The first kappa shape index (κ1) is 13.0. The average molecular weight is 280 g/mol. The molecule has 0 aromatic heterocycles. The van der Waals surface area contributed by atoms with Crippen molar-refractivity contribution in [2.24, 2.45) is 0 Å². The Hall–Kier alpha value is -2.02. The molecule has 1 saturated heterocycles. The van der Waals surface area contributed by atoms with Gasteiger partial charge in [0.2, 0.25) is 5.75 Å². The fraction of sp³-hybridized carbons (Fsp3) is 0.538. The minimum atomic E-state index is -0.450. The maximum Gasteiger partial charge on any atom is 0.314 e. The van der Waals surface area contributed by atoms with Gasteiger partial charge in [-0.1, -0.05) is 0 Å². The van der Waals surface area contributed by atoms with Crippen molar-refractivity contribution in [3.8, 4) is 17.2 Å². The van der Waals surface area contributed by atoms with Gasteiger partial charge in [-0.3, -0.25) is 10.1 Å². The van der Waals surface area contributed by atoms with E-state index in [4.69, 9.17) is 14.2 Å². The maximum absolute atomic E-state index is 11.2. The van der Waals surface area contributed by atoms with Crippen LogP contribution in [0.1, 0.15) is 12.8 Å². The monoisotopic (exact) mass is 280 g/mol. The van der Waals surface area contributed by atoms with Crippen molar-refractivity contribution in [2.45, 2.75) is 18.9 Å². The maximum atomic E-state index is 11.2. The number of nitro groups is 1. The van der Waals surface area contributed by atoms with Crippen molar-refractivity contribution in [1.29, 1.82) is 0 Å². The molecule has 20 heavy (non-hydrogen) atoms. The third-order valence-electron chi connectivity index (χ3n) is 3.40. The zero-order valence-corrected chi connectivity index (χ0v) is 11.0. The zero-order chi connectivity index (χ0) is 13.9.